The Balaban J connectivity index is 2.63. The molecule has 9 heteroatoms. The molecule has 0 aliphatic carbocycles. The van der Waals surface area contributed by atoms with E-state index in [-0.39, 0.29) is 12.3 Å². The highest BCUT2D eigenvalue weighted by molar-refractivity contribution is 6.00. The Labute approximate surface area is 212 Å². The summed E-state index contributed by atoms with van der Waals surface area (Å²) in [7, 11) is 6.23. The highest BCUT2D eigenvalue weighted by Gasteiger charge is 2.31. The summed E-state index contributed by atoms with van der Waals surface area (Å²) in [4.78, 5) is 38.8. The van der Waals surface area contributed by atoms with Gasteiger partial charge in [0.15, 0.2) is 23.8 Å². The number of rotatable bonds is 11. The van der Waals surface area contributed by atoms with Crippen molar-refractivity contribution in [3.63, 3.8) is 0 Å². The Kier molecular flexibility index (Phi) is 9.72. The van der Waals surface area contributed by atoms with E-state index in [2.05, 4.69) is 5.32 Å². The van der Waals surface area contributed by atoms with Gasteiger partial charge in [0.1, 0.15) is 5.60 Å². The molecule has 1 amide bonds. The van der Waals surface area contributed by atoms with E-state index in [9.17, 15) is 14.4 Å². The summed E-state index contributed by atoms with van der Waals surface area (Å²) in [5, 5.41) is 2.88. The van der Waals surface area contributed by atoms with E-state index in [0.717, 1.165) is 11.1 Å². The first kappa shape index (κ1) is 28.5. The maximum absolute atomic E-state index is 12.9. The molecule has 0 aromatic heterocycles. The van der Waals surface area contributed by atoms with Crippen LogP contribution in [0.15, 0.2) is 30.3 Å². The molecule has 36 heavy (non-hydrogen) atoms. The zero-order valence-corrected chi connectivity index (χ0v) is 22.3. The van der Waals surface area contributed by atoms with Gasteiger partial charge in [-0.15, -0.1) is 0 Å². The van der Waals surface area contributed by atoms with Crippen LogP contribution >= 0.6 is 0 Å². The van der Waals surface area contributed by atoms with Crippen molar-refractivity contribution in [2.45, 2.75) is 52.2 Å². The van der Waals surface area contributed by atoms with Crippen molar-refractivity contribution in [2.24, 2.45) is 0 Å². The Hall–Kier alpha value is -3.75. The minimum Gasteiger partial charge on any atom is -0.493 e. The van der Waals surface area contributed by atoms with Crippen molar-refractivity contribution in [3.05, 3.63) is 41.5 Å². The van der Waals surface area contributed by atoms with Crippen molar-refractivity contribution in [1.82, 2.24) is 0 Å². The molecule has 0 aliphatic heterocycles. The van der Waals surface area contributed by atoms with Crippen LogP contribution in [0.25, 0.3) is 0 Å². The molecule has 0 fully saturated rings. The van der Waals surface area contributed by atoms with E-state index >= 15 is 0 Å². The molecule has 0 spiro atoms. The van der Waals surface area contributed by atoms with Crippen LogP contribution in [-0.2, 0) is 25.5 Å². The molecule has 0 unspecified atom stereocenters. The lowest BCUT2D eigenvalue weighted by atomic mass is 9.99. The maximum Gasteiger partial charge on any atom is 0.336 e. The highest BCUT2D eigenvalue weighted by atomic mass is 16.6. The smallest absolute Gasteiger partial charge is 0.336 e. The fourth-order valence-corrected chi connectivity index (χ4v) is 3.75. The quantitative estimate of drug-likeness (QED) is 0.281. The van der Waals surface area contributed by atoms with Gasteiger partial charge in [0.2, 0.25) is 11.7 Å². The zero-order valence-electron chi connectivity index (χ0n) is 22.3. The molecule has 1 atom stereocenters. The summed E-state index contributed by atoms with van der Waals surface area (Å²) in [5.41, 5.74) is 1.82. The zero-order chi connectivity index (χ0) is 27.0. The van der Waals surface area contributed by atoms with Gasteiger partial charge in [-0.3, -0.25) is 4.79 Å². The molecule has 0 aliphatic rings. The Bertz CT molecular complexity index is 1070. The maximum atomic E-state index is 12.9. The van der Waals surface area contributed by atoms with Crippen LogP contribution in [-0.4, -0.2) is 58.2 Å². The van der Waals surface area contributed by atoms with Crippen LogP contribution in [0.3, 0.4) is 0 Å². The highest BCUT2D eigenvalue weighted by Crippen LogP contribution is 2.40. The molecule has 0 bridgehead atoms. The molecule has 1 N–H and O–H groups in total. The van der Waals surface area contributed by atoms with Crippen LogP contribution < -0.4 is 24.4 Å². The summed E-state index contributed by atoms with van der Waals surface area (Å²) in [6.07, 6.45) is 1.19. The van der Waals surface area contributed by atoms with Crippen LogP contribution in [0.2, 0.25) is 0 Å². The number of methoxy groups -OCH3 is 3. The number of benzene rings is 2. The number of likely N-dealkylation sites (N-methyl/N-ethyl adjacent to an activating group) is 1. The third-order valence-electron chi connectivity index (χ3n) is 5.38. The number of anilines is 2. The molecular formula is C27H36N2O7. The van der Waals surface area contributed by atoms with Gasteiger partial charge in [0.05, 0.1) is 32.7 Å². The van der Waals surface area contributed by atoms with E-state index in [1.165, 1.54) is 26.2 Å². The van der Waals surface area contributed by atoms with E-state index < -0.39 is 17.6 Å². The molecule has 0 saturated heterocycles. The average molecular weight is 501 g/mol. The number of hydrogen-bond acceptors (Lipinski definition) is 8. The second-order valence-electron chi connectivity index (χ2n) is 9.15. The van der Waals surface area contributed by atoms with Gasteiger partial charge in [0, 0.05) is 13.5 Å². The summed E-state index contributed by atoms with van der Waals surface area (Å²) in [5.74, 6) is 0.578. The number of esters is 1. The van der Waals surface area contributed by atoms with Crippen LogP contribution in [0.5, 0.6) is 17.2 Å². The molecule has 196 valence electrons. The van der Waals surface area contributed by atoms with E-state index in [4.69, 9.17) is 18.9 Å². The Morgan fingerprint density at radius 1 is 1.06 bits per heavy atom. The monoisotopic (exact) mass is 500 g/mol. The number of nitrogens with zero attached hydrogens (tertiary/aromatic N) is 1. The summed E-state index contributed by atoms with van der Waals surface area (Å²) < 4.78 is 21.8. The number of carbonyl (C=O) groups is 3. The largest absolute Gasteiger partial charge is 0.493 e. The van der Waals surface area contributed by atoms with Crippen LogP contribution in [0.4, 0.5) is 11.4 Å². The van der Waals surface area contributed by atoms with Gasteiger partial charge in [-0.2, -0.15) is 0 Å². The predicted molar refractivity (Wildman–Crippen MR) is 138 cm³/mol. The minimum atomic E-state index is -1.22. The Morgan fingerprint density at radius 2 is 1.67 bits per heavy atom. The number of para-hydroxylation sites is 1. The van der Waals surface area contributed by atoms with Crippen LogP contribution in [0, 0.1) is 0 Å². The number of aldehydes is 1. The third kappa shape index (κ3) is 6.90. The van der Waals surface area contributed by atoms with E-state index in [0.29, 0.717) is 41.3 Å². The number of carbonyl (C=O) groups excluding carboxylic acids is 3. The van der Waals surface area contributed by atoms with Crippen LogP contribution in [0.1, 0.15) is 45.2 Å². The molecule has 2 aromatic rings. The molecule has 0 heterocycles. The van der Waals surface area contributed by atoms with Gasteiger partial charge in [-0.1, -0.05) is 19.1 Å². The standard InChI is InChI=1S/C27H36N2O7/c1-9-23(31)28-19-12-10-11-18(13-17-14-21(33-6)25(35-8)22(15-17)34-7)24(19)29(5)20(16-30)26(32)36-27(2,3)4/h10-12,14-16,20H,9,13H2,1-8H3,(H,28,31)/t20-/m0/s1. The lowest BCUT2D eigenvalue weighted by Crippen LogP contribution is -2.44. The molecule has 0 radical (unpaired) electrons. The minimum absolute atomic E-state index is 0.200. The van der Waals surface area contributed by atoms with Gasteiger partial charge in [-0.25, -0.2) is 4.79 Å². The first-order valence-electron chi connectivity index (χ1n) is 11.6. The van der Waals surface area contributed by atoms with Crippen molar-refractivity contribution in [3.8, 4) is 17.2 Å². The number of nitrogens with one attached hydrogen (secondary N) is 1. The summed E-state index contributed by atoms with van der Waals surface area (Å²) in [6.45, 7) is 6.95. The van der Waals surface area contributed by atoms with Crippen molar-refractivity contribution in [2.75, 3.05) is 38.6 Å². The fraction of sp³-hybridized carbons (Fsp3) is 0.444. The van der Waals surface area contributed by atoms with E-state index in [1.807, 2.05) is 18.2 Å². The lowest BCUT2D eigenvalue weighted by Gasteiger charge is -2.31. The Morgan fingerprint density at radius 3 is 2.14 bits per heavy atom. The van der Waals surface area contributed by atoms with Gasteiger partial charge in [-0.05, 0) is 56.5 Å². The predicted octanol–water partition coefficient (Wildman–Crippen LogP) is 4.00. The van der Waals surface area contributed by atoms with Gasteiger partial charge in [0.25, 0.3) is 0 Å². The third-order valence-corrected chi connectivity index (χ3v) is 5.38. The number of amides is 1. The van der Waals surface area contributed by atoms with Gasteiger partial charge >= 0.3 is 5.97 Å². The molecule has 0 saturated carbocycles. The van der Waals surface area contributed by atoms with Crippen molar-refractivity contribution < 1.29 is 33.3 Å². The second kappa shape index (κ2) is 12.3. The topological polar surface area (TPSA) is 103 Å². The summed E-state index contributed by atoms with van der Waals surface area (Å²) in [6, 6.07) is 7.84. The molecule has 2 aromatic carbocycles. The van der Waals surface area contributed by atoms with Crippen molar-refractivity contribution >= 4 is 29.5 Å². The average Bonchev–Trinajstić information content (AvgIpc) is 2.82. The first-order chi connectivity index (χ1) is 17.0. The van der Waals surface area contributed by atoms with Crippen molar-refractivity contribution in [1.29, 1.82) is 0 Å². The molecule has 9 nitrogen and oxygen atoms in total. The fourth-order valence-electron chi connectivity index (χ4n) is 3.75. The number of ether oxygens (including phenoxy) is 4. The first-order valence-corrected chi connectivity index (χ1v) is 11.6. The second-order valence-corrected chi connectivity index (χ2v) is 9.15. The number of hydrogen-bond donors (Lipinski definition) is 1. The molecule has 2 rings (SSSR count). The SMILES string of the molecule is CCC(=O)Nc1cccc(Cc2cc(OC)c(OC)c(OC)c2)c1N(C)[C@@H](C=O)C(=O)OC(C)(C)C. The van der Waals surface area contributed by atoms with Gasteiger partial charge < -0.3 is 34.0 Å². The van der Waals surface area contributed by atoms with E-state index in [1.54, 1.807) is 46.9 Å². The normalized spacial score (nSPS) is 11.8. The lowest BCUT2D eigenvalue weighted by molar-refractivity contribution is -0.156. The molecular weight excluding hydrogens is 464 g/mol. The summed E-state index contributed by atoms with van der Waals surface area (Å²) >= 11 is 0.